The number of likely N-dealkylation sites (tertiary alicyclic amines) is 1. The fourth-order valence-electron chi connectivity index (χ4n) is 3.38. The highest BCUT2D eigenvalue weighted by molar-refractivity contribution is 7.88. The van der Waals surface area contributed by atoms with Crippen molar-refractivity contribution in [3.05, 3.63) is 18.0 Å². The van der Waals surface area contributed by atoms with Crippen LogP contribution in [0.2, 0.25) is 0 Å². The molecule has 1 atom stereocenters. The molecule has 1 N–H and O–H groups in total. The number of rotatable bonds is 3. The first-order valence-electron chi connectivity index (χ1n) is 7.68. The fraction of sp³-hybridized carbons (Fsp3) is 0.714. The number of hydrogen-bond donors (Lipinski definition) is 1. The van der Waals surface area contributed by atoms with Gasteiger partial charge in [0.25, 0.3) is 5.91 Å². The molecule has 1 amide bonds. The van der Waals surface area contributed by atoms with Gasteiger partial charge in [0, 0.05) is 31.8 Å². The van der Waals surface area contributed by atoms with Gasteiger partial charge in [0.05, 0.1) is 18.1 Å². The van der Waals surface area contributed by atoms with Crippen LogP contribution < -0.4 is 4.72 Å². The van der Waals surface area contributed by atoms with Gasteiger partial charge in [-0.3, -0.25) is 4.79 Å². The second kappa shape index (κ2) is 6.21. The quantitative estimate of drug-likeness (QED) is 0.851. The van der Waals surface area contributed by atoms with E-state index in [1.807, 2.05) is 0 Å². The van der Waals surface area contributed by atoms with Crippen molar-refractivity contribution in [2.45, 2.75) is 37.3 Å². The van der Waals surface area contributed by atoms with Crippen LogP contribution in [0.15, 0.2) is 16.8 Å². The van der Waals surface area contributed by atoms with Gasteiger partial charge in [0.1, 0.15) is 0 Å². The van der Waals surface area contributed by atoms with Gasteiger partial charge in [0.15, 0.2) is 0 Å². The van der Waals surface area contributed by atoms with Gasteiger partial charge in [-0.05, 0) is 25.7 Å². The summed E-state index contributed by atoms with van der Waals surface area (Å²) in [6.45, 7) is 1.65. The molecule has 128 valence electrons. The van der Waals surface area contributed by atoms with Crippen molar-refractivity contribution in [1.29, 1.82) is 0 Å². The minimum atomic E-state index is -3.22. The molecule has 2 aliphatic heterocycles. The summed E-state index contributed by atoms with van der Waals surface area (Å²) < 4.78 is 36.4. The molecule has 2 fully saturated rings. The number of ether oxygens (including phenoxy) is 1. The SMILES string of the molecule is CS(=O)(=O)N[C@H]1CCOC2(CCN(C(=O)c3ccno3)CC2)C1. The third-order valence-electron chi connectivity index (χ3n) is 4.48. The van der Waals surface area contributed by atoms with Crippen LogP contribution in [0.4, 0.5) is 0 Å². The highest BCUT2D eigenvalue weighted by Crippen LogP contribution is 2.35. The lowest BCUT2D eigenvalue weighted by Crippen LogP contribution is -2.54. The highest BCUT2D eigenvalue weighted by atomic mass is 32.2. The summed E-state index contributed by atoms with van der Waals surface area (Å²) >= 11 is 0. The monoisotopic (exact) mass is 343 g/mol. The molecule has 9 heteroatoms. The summed E-state index contributed by atoms with van der Waals surface area (Å²) in [6, 6.07) is 1.45. The molecule has 2 saturated heterocycles. The fourth-order valence-corrected chi connectivity index (χ4v) is 4.19. The number of carbonyl (C=O) groups excluding carboxylic acids is 1. The first-order valence-corrected chi connectivity index (χ1v) is 9.57. The zero-order valence-electron chi connectivity index (χ0n) is 13.0. The van der Waals surface area contributed by atoms with Gasteiger partial charge >= 0.3 is 0 Å². The van der Waals surface area contributed by atoms with Crippen molar-refractivity contribution < 1.29 is 22.5 Å². The minimum absolute atomic E-state index is 0.102. The van der Waals surface area contributed by atoms with Crippen LogP contribution >= 0.6 is 0 Å². The first kappa shape index (κ1) is 16.4. The third-order valence-corrected chi connectivity index (χ3v) is 5.25. The minimum Gasteiger partial charge on any atom is -0.375 e. The van der Waals surface area contributed by atoms with Crippen molar-refractivity contribution in [2.75, 3.05) is 26.0 Å². The van der Waals surface area contributed by atoms with Crippen molar-refractivity contribution in [1.82, 2.24) is 14.8 Å². The van der Waals surface area contributed by atoms with Gasteiger partial charge in [-0.15, -0.1) is 0 Å². The summed E-state index contributed by atoms with van der Waals surface area (Å²) in [6.07, 6.45) is 5.32. The summed E-state index contributed by atoms with van der Waals surface area (Å²) in [5, 5.41) is 3.55. The van der Waals surface area contributed by atoms with E-state index in [1.54, 1.807) is 11.0 Å². The Hall–Kier alpha value is -1.45. The summed E-state index contributed by atoms with van der Waals surface area (Å²) in [5.41, 5.74) is -0.348. The van der Waals surface area contributed by atoms with Crippen molar-refractivity contribution >= 4 is 15.9 Å². The lowest BCUT2D eigenvalue weighted by molar-refractivity contribution is -0.113. The predicted octanol–water partition coefficient (Wildman–Crippen LogP) is 0.378. The molecule has 2 aliphatic rings. The zero-order chi connectivity index (χ0) is 16.5. The second-order valence-electron chi connectivity index (χ2n) is 6.28. The van der Waals surface area contributed by atoms with E-state index in [2.05, 4.69) is 9.88 Å². The van der Waals surface area contributed by atoms with Crippen LogP contribution in [0.3, 0.4) is 0 Å². The molecule has 0 bridgehead atoms. The summed E-state index contributed by atoms with van der Waals surface area (Å²) in [7, 11) is -3.22. The van der Waals surface area contributed by atoms with E-state index in [0.29, 0.717) is 45.4 Å². The number of piperidine rings is 1. The largest absolute Gasteiger partial charge is 0.375 e. The summed E-state index contributed by atoms with van der Waals surface area (Å²) in [4.78, 5) is 14.0. The number of carbonyl (C=O) groups is 1. The highest BCUT2D eigenvalue weighted by Gasteiger charge is 2.42. The van der Waals surface area contributed by atoms with Crippen LogP contribution in [0.1, 0.15) is 36.2 Å². The molecule has 0 aliphatic carbocycles. The normalized spacial score (nSPS) is 24.7. The number of aromatic nitrogens is 1. The van der Waals surface area contributed by atoms with E-state index in [0.717, 1.165) is 0 Å². The van der Waals surface area contributed by atoms with E-state index in [-0.39, 0.29) is 23.3 Å². The second-order valence-corrected chi connectivity index (χ2v) is 8.06. The van der Waals surface area contributed by atoms with E-state index >= 15 is 0 Å². The predicted molar refractivity (Wildman–Crippen MR) is 81.3 cm³/mol. The Morgan fingerprint density at radius 1 is 1.43 bits per heavy atom. The Morgan fingerprint density at radius 3 is 2.78 bits per heavy atom. The molecule has 0 saturated carbocycles. The molecule has 1 spiro atoms. The molecule has 3 heterocycles. The lowest BCUT2D eigenvalue weighted by Gasteiger charge is -2.46. The molecule has 23 heavy (non-hydrogen) atoms. The maximum atomic E-state index is 12.2. The van der Waals surface area contributed by atoms with Crippen molar-refractivity contribution in [3.8, 4) is 0 Å². The number of sulfonamides is 1. The zero-order valence-corrected chi connectivity index (χ0v) is 13.8. The van der Waals surface area contributed by atoms with E-state index in [4.69, 9.17) is 9.26 Å². The molecule has 0 unspecified atom stereocenters. The Morgan fingerprint density at radius 2 is 2.17 bits per heavy atom. The molecule has 1 aromatic rings. The molecule has 3 rings (SSSR count). The van der Waals surface area contributed by atoms with Crippen LogP contribution in [0, 0.1) is 0 Å². The number of amides is 1. The topological polar surface area (TPSA) is 102 Å². The molecule has 8 nitrogen and oxygen atoms in total. The van der Waals surface area contributed by atoms with Gasteiger partial charge in [0.2, 0.25) is 15.8 Å². The molecule has 1 aromatic heterocycles. The first-order chi connectivity index (χ1) is 10.9. The molecule has 0 aromatic carbocycles. The maximum absolute atomic E-state index is 12.2. The Balaban J connectivity index is 1.60. The Bertz CT molecular complexity index is 650. The number of nitrogens with one attached hydrogen (secondary N) is 1. The van der Waals surface area contributed by atoms with Crippen LogP contribution in [0.25, 0.3) is 0 Å². The molecular formula is C14H21N3O5S. The summed E-state index contributed by atoms with van der Waals surface area (Å²) in [5.74, 6) is 0.0705. The van der Waals surface area contributed by atoms with Crippen LogP contribution in [-0.4, -0.2) is 62.0 Å². The standard InChI is InChI=1S/C14H21N3O5S/c1-23(19,20)16-11-3-9-21-14(10-11)4-7-17(8-5-14)13(18)12-2-6-15-22-12/h2,6,11,16H,3-5,7-10H2,1H3/t11-/m0/s1. The van der Waals surface area contributed by atoms with E-state index in [9.17, 15) is 13.2 Å². The maximum Gasteiger partial charge on any atom is 0.292 e. The van der Waals surface area contributed by atoms with Gasteiger partial charge in [-0.1, -0.05) is 5.16 Å². The van der Waals surface area contributed by atoms with Gasteiger partial charge < -0.3 is 14.2 Å². The third kappa shape index (κ3) is 3.91. The molecular weight excluding hydrogens is 322 g/mol. The number of hydrogen-bond acceptors (Lipinski definition) is 6. The molecule has 0 radical (unpaired) electrons. The van der Waals surface area contributed by atoms with E-state index in [1.165, 1.54) is 12.5 Å². The van der Waals surface area contributed by atoms with Crippen molar-refractivity contribution in [3.63, 3.8) is 0 Å². The van der Waals surface area contributed by atoms with Gasteiger partial charge in [-0.2, -0.15) is 0 Å². The van der Waals surface area contributed by atoms with Crippen molar-refractivity contribution in [2.24, 2.45) is 0 Å². The van der Waals surface area contributed by atoms with Gasteiger partial charge in [-0.25, -0.2) is 13.1 Å². The average molecular weight is 343 g/mol. The average Bonchev–Trinajstić information content (AvgIpc) is 3.00. The van der Waals surface area contributed by atoms with E-state index < -0.39 is 10.0 Å². The Labute approximate surface area is 135 Å². The number of nitrogens with zero attached hydrogens (tertiary/aromatic N) is 2. The smallest absolute Gasteiger partial charge is 0.292 e. The van der Waals surface area contributed by atoms with Crippen LogP contribution in [0.5, 0.6) is 0 Å². The van der Waals surface area contributed by atoms with Crippen LogP contribution in [-0.2, 0) is 14.8 Å². The Kier molecular flexibility index (Phi) is 4.43. The lowest BCUT2D eigenvalue weighted by atomic mass is 9.82.